The van der Waals surface area contributed by atoms with Crippen LogP contribution in [-0.4, -0.2) is 37.0 Å². The second-order valence-corrected chi connectivity index (χ2v) is 15.1. The van der Waals surface area contributed by atoms with Gasteiger partial charge in [-0.05, 0) is 70.6 Å². The molecule has 0 bridgehead atoms. The summed E-state index contributed by atoms with van der Waals surface area (Å²) in [6, 6.07) is 0. The number of allylic oxidation sites excluding steroid dienone is 14. The predicted octanol–water partition coefficient (Wildman–Crippen LogP) is 15.5. The van der Waals surface area contributed by atoms with Gasteiger partial charge in [-0.3, -0.25) is 4.79 Å². The van der Waals surface area contributed by atoms with E-state index in [9.17, 15) is 9.90 Å². The molecule has 0 spiro atoms. The lowest BCUT2D eigenvalue weighted by Gasteiger charge is -2.15. The van der Waals surface area contributed by atoms with Crippen LogP contribution in [0.25, 0.3) is 0 Å². The number of ether oxygens (including phenoxy) is 2. The van der Waals surface area contributed by atoms with Gasteiger partial charge in [0, 0.05) is 13.0 Å². The van der Waals surface area contributed by atoms with Crippen molar-refractivity contribution >= 4 is 5.97 Å². The Morgan fingerprint density at radius 2 is 0.818 bits per heavy atom. The van der Waals surface area contributed by atoms with E-state index in [1.54, 1.807) is 0 Å². The Morgan fingerprint density at radius 1 is 0.455 bits per heavy atom. The number of rotatable bonds is 42. The van der Waals surface area contributed by atoms with E-state index in [-0.39, 0.29) is 19.2 Å². The van der Waals surface area contributed by atoms with Gasteiger partial charge in [-0.25, -0.2) is 0 Å². The molecule has 0 rings (SSSR count). The maximum Gasteiger partial charge on any atom is 0.306 e. The first-order valence-electron chi connectivity index (χ1n) is 23.2. The van der Waals surface area contributed by atoms with Crippen molar-refractivity contribution in [2.24, 2.45) is 0 Å². The molecule has 55 heavy (non-hydrogen) atoms. The van der Waals surface area contributed by atoms with E-state index < -0.39 is 6.10 Å². The van der Waals surface area contributed by atoms with Crippen molar-refractivity contribution in [1.82, 2.24) is 0 Å². The molecule has 0 radical (unpaired) electrons. The van der Waals surface area contributed by atoms with Crippen molar-refractivity contribution in [2.75, 3.05) is 19.8 Å². The van der Waals surface area contributed by atoms with Crippen LogP contribution in [0, 0.1) is 0 Å². The molecule has 0 saturated carbocycles. The SMILES string of the molecule is CC/C=C\C/C=C\C/C=C\C/C=C\C/C=C\C/C=C\C/C=C\CCCCCCOCC(CO)OC(=O)CCCCCCCCCCCCCCCCCCC. The number of carbonyl (C=O) groups is 1. The fourth-order valence-corrected chi connectivity index (χ4v) is 6.31. The topological polar surface area (TPSA) is 55.8 Å². The number of esters is 1. The van der Waals surface area contributed by atoms with Crippen LogP contribution in [-0.2, 0) is 14.3 Å². The summed E-state index contributed by atoms with van der Waals surface area (Å²) >= 11 is 0. The van der Waals surface area contributed by atoms with E-state index in [1.165, 1.54) is 109 Å². The molecular formula is C51H88O4. The quantitative estimate of drug-likeness (QED) is 0.0382. The smallest absolute Gasteiger partial charge is 0.306 e. The van der Waals surface area contributed by atoms with E-state index in [2.05, 4.69) is 98.9 Å². The number of carbonyl (C=O) groups excluding carboxylic acids is 1. The van der Waals surface area contributed by atoms with E-state index in [0.29, 0.717) is 13.0 Å². The summed E-state index contributed by atoms with van der Waals surface area (Å²) in [5, 5.41) is 9.62. The molecule has 0 aliphatic heterocycles. The minimum absolute atomic E-state index is 0.185. The van der Waals surface area contributed by atoms with Crippen molar-refractivity contribution < 1.29 is 19.4 Å². The van der Waals surface area contributed by atoms with E-state index in [4.69, 9.17) is 9.47 Å². The molecule has 4 heteroatoms. The molecule has 316 valence electrons. The standard InChI is InChI=1S/C51H88O4/c1-3-5-7-9-11-13-15-17-19-21-22-23-24-25-26-27-28-29-31-33-35-37-39-41-43-45-47-54-49-50(48-52)55-51(53)46-44-42-40-38-36-34-32-30-20-18-16-14-12-10-8-6-4-2/h5,7,11,13,17,19,22-23,25-26,28-29,33,35,50,52H,3-4,6,8-10,12,14-16,18,20-21,24,27,30-32,34,36-49H2,1-2H3/b7-5-,13-11-,19-17-,23-22-,26-25-,29-28-,35-33-. The summed E-state index contributed by atoms with van der Waals surface area (Å²) in [4.78, 5) is 12.2. The molecule has 0 aromatic heterocycles. The highest BCUT2D eigenvalue weighted by Gasteiger charge is 2.13. The summed E-state index contributed by atoms with van der Waals surface area (Å²) in [5.41, 5.74) is 0. The number of hydrogen-bond donors (Lipinski definition) is 1. The van der Waals surface area contributed by atoms with Crippen LogP contribution in [0.1, 0.15) is 206 Å². The van der Waals surface area contributed by atoms with Gasteiger partial charge in [0.25, 0.3) is 0 Å². The highest BCUT2D eigenvalue weighted by atomic mass is 16.6. The van der Waals surface area contributed by atoms with Crippen LogP contribution in [0.3, 0.4) is 0 Å². The third-order valence-electron chi connectivity index (χ3n) is 9.73. The molecule has 1 N–H and O–H groups in total. The molecule has 0 aromatic rings. The van der Waals surface area contributed by atoms with Gasteiger partial charge in [-0.1, -0.05) is 214 Å². The Labute approximate surface area is 341 Å². The lowest BCUT2D eigenvalue weighted by molar-refractivity contribution is -0.154. The molecule has 0 aliphatic carbocycles. The largest absolute Gasteiger partial charge is 0.457 e. The van der Waals surface area contributed by atoms with Crippen LogP contribution >= 0.6 is 0 Å². The number of aliphatic hydroxyl groups excluding tert-OH is 1. The van der Waals surface area contributed by atoms with Crippen molar-refractivity contribution in [3.63, 3.8) is 0 Å². The monoisotopic (exact) mass is 765 g/mol. The Balaban J connectivity index is 3.53. The highest BCUT2D eigenvalue weighted by Crippen LogP contribution is 2.15. The predicted molar refractivity (Wildman–Crippen MR) is 242 cm³/mol. The van der Waals surface area contributed by atoms with Crippen LogP contribution in [0.4, 0.5) is 0 Å². The number of aliphatic hydroxyl groups is 1. The van der Waals surface area contributed by atoms with Gasteiger partial charge in [0.05, 0.1) is 13.2 Å². The zero-order valence-electron chi connectivity index (χ0n) is 36.2. The van der Waals surface area contributed by atoms with Crippen LogP contribution in [0.15, 0.2) is 85.1 Å². The summed E-state index contributed by atoms with van der Waals surface area (Å²) < 4.78 is 11.2. The lowest BCUT2D eigenvalue weighted by atomic mass is 10.0. The number of hydrogen-bond acceptors (Lipinski definition) is 4. The van der Waals surface area contributed by atoms with Crippen molar-refractivity contribution in [3.8, 4) is 0 Å². The fourth-order valence-electron chi connectivity index (χ4n) is 6.31. The molecule has 4 nitrogen and oxygen atoms in total. The second kappa shape index (κ2) is 47.7. The first-order chi connectivity index (χ1) is 27.2. The maximum atomic E-state index is 12.2. The van der Waals surface area contributed by atoms with Crippen LogP contribution in [0.5, 0.6) is 0 Å². The third-order valence-corrected chi connectivity index (χ3v) is 9.73. The van der Waals surface area contributed by atoms with Gasteiger partial charge in [0.1, 0.15) is 6.10 Å². The fraction of sp³-hybridized carbons (Fsp3) is 0.706. The van der Waals surface area contributed by atoms with Gasteiger partial charge in [-0.15, -0.1) is 0 Å². The van der Waals surface area contributed by atoms with Gasteiger partial charge in [0.2, 0.25) is 0 Å². The zero-order chi connectivity index (χ0) is 39.8. The highest BCUT2D eigenvalue weighted by molar-refractivity contribution is 5.69. The molecule has 0 heterocycles. The summed E-state index contributed by atoms with van der Waals surface area (Å²) in [6.45, 7) is 5.18. The van der Waals surface area contributed by atoms with Crippen LogP contribution < -0.4 is 0 Å². The Morgan fingerprint density at radius 3 is 1.24 bits per heavy atom. The molecule has 0 fully saturated rings. The van der Waals surface area contributed by atoms with E-state index in [0.717, 1.165) is 77.0 Å². The normalized spacial score (nSPS) is 13.1. The van der Waals surface area contributed by atoms with Gasteiger partial charge >= 0.3 is 5.97 Å². The molecule has 0 saturated heterocycles. The molecule has 1 atom stereocenters. The molecule has 0 aromatic carbocycles. The molecular weight excluding hydrogens is 677 g/mol. The van der Waals surface area contributed by atoms with Crippen LogP contribution in [0.2, 0.25) is 0 Å². The van der Waals surface area contributed by atoms with E-state index >= 15 is 0 Å². The molecule has 0 amide bonds. The first kappa shape index (κ1) is 52.6. The average Bonchev–Trinajstić information content (AvgIpc) is 3.19. The zero-order valence-corrected chi connectivity index (χ0v) is 36.2. The second-order valence-electron chi connectivity index (χ2n) is 15.1. The van der Waals surface area contributed by atoms with E-state index in [1.807, 2.05) is 0 Å². The summed E-state index contributed by atoms with van der Waals surface area (Å²) in [6.07, 6.45) is 66.5. The van der Waals surface area contributed by atoms with Gasteiger partial charge < -0.3 is 14.6 Å². The Hall–Kier alpha value is -2.43. The Bertz CT molecular complexity index is 985. The summed E-state index contributed by atoms with van der Waals surface area (Å²) in [7, 11) is 0. The molecule has 0 aliphatic rings. The summed E-state index contributed by atoms with van der Waals surface area (Å²) in [5.74, 6) is -0.211. The van der Waals surface area contributed by atoms with Crippen molar-refractivity contribution in [2.45, 2.75) is 213 Å². The minimum Gasteiger partial charge on any atom is -0.457 e. The van der Waals surface area contributed by atoms with Gasteiger partial charge in [-0.2, -0.15) is 0 Å². The lowest BCUT2D eigenvalue weighted by Crippen LogP contribution is -2.27. The first-order valence-corrected chi connectivity index (χ1v) is 23.2. The van der Waals surface area contributed by atoms with Crippen molar-refractivity contribution in [3.05, 3.63) is 85.1 Å². The van der Waals surface area contributed by atoms with Gasteiger partial charge in [0.15, 0.2) is 0 Å². The maximum absolute atomic E-state index is 12.2. The molecule has 1 unspecified atom stereocenters. The van der Waals surface area contributed by atoms with Crippen molar-refractivity contribution in [1.29, 1.82) is 0 Å². The number of unbranched alkanes of at least 4 members (excludes halogenated alkanes) is 20. The Kier molecular flexibility index (Phi) is 45.6. The third kappa shape index (κ3) is 45.9. The average molecular weight is 765 g/mol. The minimum atomic E-state index is -0.551.